The van der Waals surface area contributed by atoms with Crippen molar-refractivity contribution in [2.24, 2.45) is 4.99 Å². The van der Waals surface area contributed by atoms with Crippen LogP contribution in [0.4, 0.5) is 5.69 Å². The zero-order chi connectivity index (χ0) is 17.6. The third kappa shape index (κ3) is 5.73. The number of rotatable bonds is 5. The molecule has 0 amide bonds. The average Bonchev–Trinajstić information content (AvgIpc) is 2.48. The van der Waals surface area contributed by atoms with Gasteiger partial charge in [-0.15, -0.1) is 0 Å². The molecule has 1 aromatic carbocycles. The Labute approximate surface area is 136 Å². The number of aliphatic imine (C=N–C) groups is 1. The van der Waals surface area contributed by atoms with Crippen molar-refractivity contribution in [3.8, 4) is 5.75 Å². The van der Waals surface area contributed by atoms with E-state index in [9.17, 15) is 9.59 Å². The minimum atomic E-state index is -0.669. The van der Waals surface area contributed by atoms with Crippen molar-refractivity contribution in [3.63, 3.8) is 0 Å². The van der Waals surface area contributed by atoms with Crippen LogP contribution in [0.5, 0.6) is 5.75 Å². The van der Waals surface area contributed by atoms with Gasteiger partial charge in [0.15, 0.2) is 0 Å². The largest absolute Gasteiger partial charge is 0.488 e. The molecule has 0 aliphatic carbocycles. The summed E-state index contributed by atoms with van der Waals surface area (Å²) in [5.74, 6) is -0.563. The highest BCUT2D eigenvalue weighted by atomic mass is 16.5. The fourth-order valence-corrected chi connectivity index (χ4v) is 1.79. The number of carbonyl (C=O) groups is 2. The topological polar surface area (TPSA) is 74.2 Å². The number of hydrogen-bond donors (Lipinski definition) is 0. The summed E-state index contributed by atoms with van der Waals surface area (Å²) in [5, 5.41) is 0. The average molecular weight is 321 g/mol. The van der Waals surface area contributed by atoms with Crippen LogP contribution < -0.4 is 4.74 Å². The number of benzene rings is 1. The second-order valence-corrected chi connectivity index (χ2v) is 5.92. The van der Waals surface area contributed by atoms with Crippen molar-refractivity contribution < 1.29 is 23.8 Å². The van der Waals surface area contributed by atoms with Gasteiger partial charge < -0.3 is 14.2 Å². The first-order valence-electron chi connectivity index (χ1n) is 7.19. The van der Waals surface area contributed by atoms with Gasteiger partial charge in [-0.3, -0.25) is 4.79 Å². The fourth-order valence-electron chi connectivity index (χ4n) is 1.79. The minimum absolute atomic E-state index is 0.0182. The molecular weight excluding hydrogens is 298 g/mol. The van der Waals surface area contributed by atoms with Crippen molar-refractivity contribution in [1.29, 1.82) is 0 Å². The molecule has 0 aliphatic heterocycles. The van der Waals surface area contributed by atoms with Gasteiger partial charge >= 0.3 is 11.9 Å². The predicted molar refractivity (Wildman–Crippen MR) is 87.3 cm³/mol. The fraction of sp³-hybridized carbons (Fsp3) is 0.471. The quantitative estimate of drug-likeness (QED) is 0.615. The Morgan fingerprint density at radius 1 is 1.13 bits per heavy atom. The Hall–Kier alpha value is -2.37. The zero-order valence-electron chi connectivity index (χ0n) is 14.4. The van der Waals surface area contributed by atoms with Gasteiger partial charge in [0.25, 0.3) is 0 Å². The van der Waals surface area contributed by atoms with Gasteiger partial charge in [-0.05, 0) is 39.8 Å². The molecule has 0 fully saturated rings. The summed E-state index contributed by atoms with van der Waals surface area (Å²) in [7, 11) is 2.49. The monoisotopic (exact) mass is 321 g/mol. The molecule has 0 aromatic heterocycles. The molecule has 0 spiro atoms. The van der Waals surface area contributed by atoms with Crippen molar-refractivity contribution in [3.05, 3.63) is 23.8 Å². The normalized spacial score (nSPS) is 11.8. The number of nitrogens with zero attached hydrogens (tertiary/aromatic N) is 1. The first-order chi connectivity index (χ1) is 10.7. The molecule has 0 bridgehead atoms. The van der Waals surface area contributed by atoms with Crippen LogP contribution >= 0.6 is 0 Å². The lowest BCUT2D eigenvalue weighted by atomic mass is 10.1. The third-order valence-corrected chi connectivity index (χ3v) is 2.89. The number of esters is 2. The van der Waals surface area contributed by atoms with Crippen molar-refractivity contribution in [2.45, 2.75) is 39.7 Å². The number of methoxy groups -OCH3 is 2. The molecule has 0 unspecified atom stereocenters. The highest BCUT2D eigenvalue weighted by Gasteiger charge is 2.19. The van der Waals surface area contributed by atoms with E-state index in [0.29, 0.717) is 11.4 Å². The molecule has 1 aromatic rings. The first kappa shape index (κ1) is 18.7. The van der Waals surface area contributed by atoms with Crippen LogP contribution in [0.15, 0.2) is 23.2 Å². The van der Waals surface area contributed by atoms with Gasteiger partial charge in [0, 0.05) is 5.56 Å². The molecule has 0 N–H and O–H groups in total. The molecule has 1 rings (SSSR count). The van der Waals surface area contributed by atoms with E-state index in [2.05, 4.69) is 14.5 Å². The lowest BCUT2D eigenvalue weighted by Crippen LogP contribution is -2.23. The van der Waals surface area contributed by atoms with E-state index in [1.807, 2.05) is 33.8 Å². The van der Waals surface area contributed by atoms with Gasteiger partial charge in [0.05, 0.1) is 26.3 Å². The van der Waals surface area contributed by atoms with E-state index in [4.69, 9.17) is 4.74 Å². The van der Waals surface area contributed by atoms with Crippen molar-refractivity contribution in [1.82, 2.24) is 0 Å². The predicted octanol–water partition coefficient (Wildman–Crippen LogP) is 2.98. The van der Waals surface area contributed by atoms with E-state index in [-0.39, 0.29) is 17.7 Å². The summed E-state index contributed by atoms with van der Waals surface area (Å²) in [6.45, 7) is 7.67. The summed E-state index contributed by atoms with van der Waals surface area (Å²) in [6.07, 6.45) is -0.257. The lowest BCUT2D eigenvalue weighted by molar-refractivity contribution is -0.140. The Morgan fingerprint density at radius 3 is 2.30 bits per heavy atom. The van der Waals surface area contributed by atoms with E-state index >= 15 is 0 Å². The Balaban J connectivity index is 3.23. The molecule has 0 radical (unpaired) electrons. The van der Waals surface area contributed by atoms with Crippen LogP contribution in [0.3, 0.4) is 0 Å². The highest BCUT2D eigenvalue weighted by Crippen LogP contribution is 2.30. The van der Waals surface area contributed by atoms with Crippen LogP contribution in [0.2, 0.25) is 0 Å². The van der Waals surface area contributed by atoms with Gasteiger partial charge in [-0.25, -0.2) is 9.79 Å². The zero-order valence-corrected chi connectivity index (χ0v) is 14.4. The van der Waals surface area contributed by atoms with E-state index in [0.717, 1.165) is 5.56 Å². The van der Waals surface area contributed by atoms with Crippen LogP contribution in [0.25, 0.3) is 0 Å². The van der Waals surface area contributed by atoms with Crippen LogP contribution in [0.1, 0.15) is 32.8 Å². The lowest BCUT2D eigenvalue weighted by Gasteiger charge is -2.23. The molecule has 0 heterocycles. The Kier molecular flexibility index (Phi) is 6.30. The second kappa shape index (κ2) is 7.76. The molecule has 126 valence electrons. The molecule has 0 saturated heterocycles. The van der Waals surface area contributed by atoms with Crippen LogP contribution in [-0.4, -0.2) is 37.5 Å². The highest BCUT2D eigenvalue weighted by molar-refractivity contribution is 6.39. The summed E-state index contributed by atoms with van der Waals surface area (Å²) < 4.78 is 15.1. The minimum Gasteiger partial charge on any atom is -0.488 e. The summed E-state index contributed by atoms with van der Waals surface area (Å²) in [4.78, 5) is 27.5. The number of ether oxygens (including phenoxy) is 3. The van der Waals surface area contributed by atoms with E-state index in [1.165, 1.54) is 14.2 Å². The molecule has 23 heavy (non-hydrogen) atoms. The van der Waals surface area contributed by atoms with Gasteiger partial charge in [-0.1, -0.05) is 6.07 Å². The Morgan fingerprint density at radius 2 is 1.78 bits per heavy atom. The maximum absolute atomic E-state index is 11.8. The first-order valence-corrected chi connectivity index (χ1v) is 7.19. The van der Waals surface area contributed by atoms with Crippen molar-refractivity contribution in [2.75, 3.05) is 14.2 Å². The number of hydrogen-bond acceptors (Lipinski definition) is 6. The van der Waals surface area contributed by atoms with Crippen LogP contribution in [0, 0.1) is 6.92 Å². The summed E-state index contributed by atoms with van der Waals surface area (Å²) in [5.41, 5.74) is 0.935. The van der Waals surface area contributed by atoms with Gasteiger partial charge in [0.2, 0.25) is 0 Å². The van der Waals surface area contributed by atoms with E-state index in [1.54, 1.807) is 12.1 Å². The maximum atomic E-state index is 11.8. The molecule has 6 heteroatoms. The molecule has 0 atom stereocenters. The molecular formula is C17H23NO5. The Bertz CT molecular complexity index is 614. The van der Waals surface area contributed by atoms with Gasteiger partial charge in [-0.2, -0.15) is 0 Å². The number of carbonyl (C=O) groups excluding carboxylic acids is 2. The van der Waals surface area contributed by atoms with Crippen LogP contribution in [-0.2, 0) is 19.1 Å². The molecule has 0 aliphatic rings. The summed E-state index contributed by atoms with van der Waals surface area (Å²) in [6, 6.07) is 5.35. The van der Waals surface area contributed by atoms with Gasteiger partial charge in [0.1, 0.15) is 17.1 Å². The third-order valence-electron chi connectivity index (χ3n) is 2.89. The van der Waals surface area contributed by atoms with Crippen molar-refractivity contribution >= 4 is 23.3 Å². The smallest absolute Gasteiger partial charge is 0.353 e. The molecule has 6 nitrogen and oxygen atoms in total. The SMILES string of the molecule is COC(=O)CC(=Nc1cccc(OC(C)(C)C)c1C)C(=O)OC. The van der Waals surface area contributed by atoms with E-state index < -0.39 is 11.9 Å². The standard InChI is InChI=1S/C17H23NO5/c1-11-12(8-7-9-14(11)23-17(2,3)4)18-13(16(20)22-6)10-15(19)21-5/h7-9H,10H2,1-6H3. The maximum Gasteiger partial charge on any atom is 0.353 e. The second-order valence-electron chi connectivity index (χ2n) is 5.92. The summed E-state index contributed by atoms with van der Waals surface area (Å²) >= 11 is 0. The molecule has 0 saturated carbocycles.